The van der Waals surface area contributed by atoms with E-state index in [4.69, 9.17) is 11.1 Å². The number of hydrogen-bond acceptors (Lipinski definition) is 5. The molecule has 0 radical (unpaired) electrons. The highest BCUT2D eigenvalue weighted by Gasteiger charge is 2.17. The van der Waals surface area contributed by atoms with Gasteiger partial charge in [-0.25, -0.2) is 4.98 Å². The molecule has 0 amide bonds. The summed E-state index contributed by atoms with van der Waals surface area (Å²) in [6.45, 7) is 6.37. The van der Waals surface area contributed by atoms with Crippen LogP contribution in [-0.4, -0.2) is 74.0 Å². The van der Waals surface area contributed by atoms with E-state index in [-0.39, 0.29) is 5.84 Å². The van der Waals surface area contributed by atoms with E-state index in [1.165, 1.54) is 0 Å². The SMILES string of the molecule is CN(C)CCN1CCN(c2ccc(C(=N)N)cn2)CC1. The fourth-order valence-electron chi connectivity index (χ4n) is 2.27. The number of nitrogens with one attached hydrogen (secondary N) is 1. The van der Waals surface area contributed by atoms with Crippen molar-refractivity contribution in [3.63, 3.8) is 0 Å². The van der Waals surface area contributed by atoms with Gasteiger partial charge in [-0.05, 0) is 26.2 Å². The topological polar surface area (TPSA) is 72.5 Å². The summed E-state index contributed by atoms with van der Waals surface area (Å²) in [7, 11) is 4.22. The smallest absolute Gasteiger partial charge is 0.128 e. The normalized spacial score (nSPS) is 16.6. The number of aromatic nitrogens is 1. The Bertz CT molecular complexity index is 433. The lowest BCUT2D eigenvalue weighted by Gasteiger charge is -2.35. The zero-order valence-corrected chi connectivity index (χ0v) is 12.3. The first-order valence-electron chi connectivity index (χ1n) is 6.99. The summed E-state index contributed by atoms with van der Waals surface area (Å²) in [5.74, 6) is 1.04. The monoisotopic (exact) mass is 276 g/mol. The van der Waals surface area contributed by atoms with Crippen molar-refractivity contribution in [2.24, 2.45) is 5.73 Å². The Labute approximate surface area is 120 Å². The van der Waals surface area contributed by atoms with Gasteiger partial charge in [0.2, 0.25) is 0 Å². The van der Waals surface area contributed by atoms with Gasteiger partial charge < -0.3 is 15.5 Å². The molecule has 1 aromatic rings. The first kappa shape index (κ1) is 14.7. The van der Waals surface area contributed by atoms with Crippen LogP contribution in [-0.2, 0) is 0 Å². The Morgan fingerprint density at radius 2 is 2.00 bits per heavy atom. The van der Waals surface area contributed by atoms with Crippen molar-refractivity contribution in [1.29, 1.82) is 5.41 Å². The summed E-state index contributed by atoms with van der Waals surface area (Å²) in [6, 6.07) is 3.81. The molecule has 0 atom stereocenters. The van der Waals surface area contributed by atoms with Crippen molar-refractivity contribution < 1.29 is 0 Å². The maximum atomic E-state index is 7.37. The minimum absolute atomic E-state index is 0.0672. The summed E-state index contributed by atoms with van der Waals surface area (Å²) < 4.78 is 0. The third kappa shape index (κ3) is 3.91. The van der Waals surface area contributed by atoms with Crippen LogP contribution in [0.3, 0.4) is 0 Å². The molecule has 6 heteroatoms. The lowest BCUT2D eigenvalue weighted by atomic mass is 10.2. The number of rotatable bonds is 5. The van der Waals surface area contributed by atoms with Crippen molar-refractivity contribution in [1.82, 2.24) is 14.8 Å². The lowest BCUT2D eigenvalue weighted by molar-refractivity contribution is 0.229. The Balaban J connectivity index is 1.85. The molecule has 1 aliphatic heterocycles. The predicted molar refractivity (Wildman–Crippen MR) is 82.5 cm³/mol. The van der Waals surface area contributed by atoms with Crippen molar-refractivity contribution in [2.75, 3.05) is 58.3 Å². The number of nitrogens with two attached hydrogens (primary N) is 1. The maximum absolute atomic E-state index is 7.37. The van der Waals surface area contributed by atoms with Gasteiger partial charge in [-0.2, -0.15) is 0 Å². The first-order chi connectivity index (χ1) is 9.56. The van der Waals surface area contributed by atoms with E-state index in [0.717, 1.165) is 45.1 Å². The molecule has 1 aromatic heterocycles. The number of anilines is 1. The van der Waals surface area contributed by atoms with Crippen LogP contribution in [0, 0.1) is 5.41 Å². The zero-order chi connectivity index (χ0) is 14.5. The molecule has 0 bridgehead atoms. The molecule has 0 spiro atoms. The van der Waals surface area contributed by atoms with Gasteiger partial charge in [0.05, 0.1) is 0 Å². The molecule has 3 N–H and O–H groups in total. The Kier molecular flexibility index (Phi) is 4.92. The minimum atomic E-state index is 0.0672. The summed E-state index contributed by atoms with van der Waals surface area (Å²) in [5.41, 5.74) is 6.12. The first-order valence-corrected chi connectivity index (χ1v) is 6.99. The number of likely N-dealkylation sites (N-methyl/N-ethyl adjacent to an activating group) is 1. The van der Waals surface area contributed by atoms with Crippen LogP contribution in [0.1, 0.15) is 5.56 Å². The van der Waals surface area contributed by atoms with Gasteiger partial charge in [-0.1, -0.05) is 0 Å². The van der Waals surface area contributed by atoms with Gasteiger partial charge in [0.25, 0.3) is 0 Å². The molecule has 0 unspecified atom stereocenters. The number of pyridine rings is 1. The Morgan fingerprint density at radius 3 is 2.50 bits per heavy atom. The minimum Gasteiger partial charge on any atom is -0.384 e. The lowest BCUT2D eigenvalue weighted by Crippen LogP contribution is -2.48. The summed E-state index contributed by atoms with van der Waals surface area (Å²) in [4.78, 5) is 11.4. The average Bonchev–Trinajstić information content (AvgIpc) is 2.46. The number of nitrogens with zero attached hydrogens (tertiary/aromatic N) is 4. The van der Waals surface area contributed by atoms with Gasteiger partial charge >= 0.3 is 0 Å². The Hall–Kier alpha value is -1.66. The molecule has 1 saturated heterocycles. The largest absolute Gasteiger partial charge is 0.384 e. The highest BCUT2D eigenvalue weighted by Crippen LogP contribution is 2.13. The van der Waals surface area contributed by atoms with E-state index >= 15 is 0 Å². The molecule has 0 saturated carbocycles. The zero-order valence-electron chi connectivity index (χ0n) is 12.3. The second-order valence-corrected chi connectivity index (χ2v) is 5.45. The van der Waals surface area contributed by atoms with E-state index in [0.29, 0.717) is 5.56 Å². The van der Waals surface area contributed by atoms with Gasteiger partial charge in [0.15, 0.2) is 0 Å². The number of nitrogen functional groups attached to an aromatic ring is 1. The summed E-state index contributed by atoms with van der Waals surface area (Å²) >= 11 is 0. The highest BCUT2D eigenvalue weighted by atomic mass is 15.3. The molecule has 0 aliphatic carbocycles. The van der Waals surface area contributed by atoms with Crippen LogP contribution >= 0.6 is 0 Å². The molecule has 2 rings (SSSR count). The van der Waals surface area contributed by atoms with Crippen LogP contribution in [0.5, 0.6) is 0 Å². The predicted octanol–water partition coefficient (Wildman–Crippen LogP) is 0.0493. The summed E-state index contributed by atoms with van der Waals surface area (Å²) in [5, 5.41) is 7.37. The van der Waals surface area contributed by atoms with Crippen LogP contribution in [0.4, 0.5) is 5.82 Å². The second-order valence-electron chi connectivity index (χ2n) is 5.45. The standard InChI is InChI=1S/C14H24N6/c1-18(2)5-6-19-7-9-20(10-8-19)13-4-3-12(11-17-13)14(15)16/h3-4,11H,5-10H2,1-2H3,(H3,15,16). The fourth-order valence-corrected chi connectivity index (χ4v) is 2.27. The van der Waals surface area contributed by atoms with Crippen LogP contribution in [0.25, 0.3) is 0 Å². The van der Waals surface area contributed by atoms with Crippen molar-refractivity contribution in [2.45, 2.75) is 0 Å². The van der Waals surface area contributed by atoms with E-state index in [9.17, 15) is 0 Å². The third-order valence-corrected chi connectivity index (χ3v) is 3.62. The average molecular weight is 276 g/mol. The van der Waals surface area contributed by atoms with Gasteiger partial charge in [-0.15, -0.1) is 0 Å². The number of piperazine rings is 1. The van der Waals surface area contributed by atoms with E-state index in [1.54, 1.807) is 6.20 Å². The molecular formula is C14H24N6. The second kappa shape index (κ2) is 6.67. The maximum Gasteiger partial charge on any atom is 0.128 e. The molecule has 0 aromatic carbocycles. The van der Waals surface area contributed by atoms with Gasteiger partial charge in [-0.3, -0.25) is 10.3 Å². The van der Waals surface area contributed by atoms with Crippen LogP contribution < -0.4 is 10.6 Å². The fraction of sp³-hybridized carbons (Fsp3) is 0.571. The Morgan fingerprint density at radius 1 is 1.30 bits per heavy atom. The number of amidine groups is 1. The molecule has 110 valence electrons. The van der Waals surface area contributed by atoms with Gasteiger partial charge in [0.1, 0.15) is 11.7 Å². The van der Waals surface area contributed by atoms with Crippen molar-refractivity contribution in [3.8, 4) is 0 Å². The van der Waals surface area contributed by atoms with Crippen molar-refractivity contribution in [3.05, 3.63) is 23.9 Å². The van der Waals surface area contributed by atoms with Gasteiger partial charge in [0, 0.05) is 51.0 Å². The van der Waals surface area contributed by atoms with E-state index < -0.39 is 0 Å². The summed E-state index contributed by atoms with van der Waals surface area (Å²) in [6.07, 6.45) is 1.68. The molecule has 1 aliphatic rings. The van der Waals surface area contributed by atoms with E-state index in [2.05, 4.69) is 33.8 Å². The molecule has 20 heavy (non-hydrogen) atoms. The molecule has 1 fully saturated rings. The third-order valence-electron chi connectivity index (χ3n) is 3.62. The quantitative estimate of drug-likeness (QED) is 0.587. The molecule has 2 heterocycles. The molecular weight excluding hydrogens is 252 g/mol. The molecule has 6 nitrogen and oxygen atoms in total. The van der Waals surface area contributed by atoms with Crippen molar-refractivity contribution >= 4 is 11.7 Å². The van der Waals surface area contributed by atoms with Crippen LogP contribution in [0.15, 0.2) is 18.3 Å². The van der Waals surface area contributed by atoms with E-state index in [1.807, 2.05) is 12.1 Å². The number of hydrogen-bond donors (Lipinski definition) is 2. The highest BCUT2D eigenvalue weighted by molar-refractivity contribution is 5.94. The van der Waals surface area contributed by atoms with Crippen LogP contribution in [0.2, 0.25) is 0 Å².